The summed E-state index contributed by atoms with van der Waals surface area (Å²) in [6.45, 7) is 6.43. The van der Waals surface area contributed by atoms with E-state index < -0.39 is 0 Å². The van der Waals surface area contributed by atoms with Crippen LogP contribution in [0.5, 0.6) is 0 Å². The minimum absolute atomic E-state index is 0.153. The average Bonchev–Trinajstić information content (AvgIpc) is 2.65. The van der Waals surface area contributed by atoms with E-state index in [1.54, 1.807) is 24.3 Å². The van der Waals surface area contributed by atoms with Gasteiger partial charge in [-0.15, -0.1) is 0 Å². The molecule has 0 spiro atoms. The molecule has 0 saturated heterocycles. The standard InChI is InChI=1S/C21H22N4O2/c1-13-5-4-6-16(11-13)20(26)22-9-10-23-21(27)17-7-8-18-19(12-17)25-15(3)14(2)24-18/h4-8,11-12H,9-10H2,1-3H3,(H,22,26)(H,23,27). The molecule has 0 aliphatic carbocycles. The van der Waals surface area contributed by atoms with E-state index in [-0.39, 0.29) is 11.8 Å². The highest BCUT2D eigenvalue weighted by molar-refractivity contribution is 5.97. The van der Waals surface area contributed by atoms with Crippen LogP contribution in [0.4, 0.5) is 0 Å². The number of nitrogens with one attached hydrogen (secondary N) is 2. The van der Waals surface area contributed by atoms with Crippen LogP contribution < -0.4 is 10.6 Å². The number of carbonyl (C=O) groups is 2. The smallest absolute Gasteiger partial charge is 0.251 e. The molecule has 3 aromatic rings. The van der Waals surface area contributed by atoms with Gasteiger partial charge in [0.1, 0.15) is 0 Å². The van der Waals surface area contributed by atoms with Crippen LogP contribution in [0.2, 0.25) is 0 Å². The molecular formula is C21H22N4O2. The second-order valence-electron chi connectivity index (χ2n) is 6.48. The largest absolute Gasteiger partial charge is 0.350 e. The monoisotopic (exact) mass is 362 g/mol. The molecule has 27 heavy (non-hydrogen) atoms. The minimum atomic E-state index is -0.207. The lowest BCUT2D eigenvalue weighted by Crippen LogP contribution is -2.34. The van der Waals surface area contributed by atoms with Gasteiger partial charge in [-0.3, -0.25) is 9.59 Å². The van der Waals surface area contributed by atoms with Crippen LogP contribution in [0.15, 0.2) is 42.5 Å². The lowest BCUT2D eigenvalue weighted by Gasteiger charge is -2.08. The first-order valence-corrected chi connectivity index (χ1v) is 8.82. The van der Waals surface area contributed by atoms with Gasteiger partial charge in [0, 0.05) is 24.2 Å². The highest BCUT2D eigenvalue weighted by atomic mass is 16.2. The third kappa shape index (κ3) is 4.47. The van der Waals surface area contributed by atoms with E-state index in [9.17, 15) is 9.59 Å². The fraction of sp³-hybridized carbons (Fsp3) is 0.238. The van der Waals surface area contributed by atoms with Crippen LogP contribution >= 0.6 is 0 Å². The van der Waals surface area contributed by atoms with Gasteiger partial charge in [-0.1, -0.05) is 17.7 Å². The number of nitrogens with zero attached hydrogens (tertiary/aromatic N) is 2. The SMILES string of the molecule is Cc1cccc(C(=O)NCCNC(=O)c2ccc3nc(C)c(C)nc3c2)c1. The lowest BCUT2D eigenvalue weighted by molar-refractivity contribution is 0.0927. The molecule has 2 amide bonds. The maximum Gasteiger partial charge on any atom is 0.251 e. The Balaban J connectivity index is 1.55. The number of rotatable bonds is 5. The van der Waals surface area contributed by atoms with Crippen molar-refractivity contribution >= 4 is 22.8 Å². The Kier molecular flexibility index (Phi) is 5.45. The molecule has 6 heteroatoms. The van der Waals surface area contributed by atoms with Crippen LogP contribution in [0.3, 0.4) is 0 Å². The molecule has 1 aromatic heterocycles. The van der Waals surface area contributed by atoms with E-state index in [4.69, 9.17) is 0 Å². The van der Waals surface area contributed by atoms with E-state index in [0.717, 1.165) is 22.5 Å². The van der Waals surface area contributed by atoms with Crippen molar-refractivity contribution in [3.63, 3.8) is 0 Å². The van der Waals surface area contributed by atoms with E-state index >= 15 is 0 Å². The second kappa shape index (κ2) is 7.95. The van der Waals surface area contributed by atoms with Crippen LogP contribution in [0.1, 0.15) is 37.7 Å². The summed E-state index contributed by atoms with van der Waals surface area (Å²) in [5, 5.41) is 5.61. The quantitative estimate of drug-likeness (QED) is 0.684. The van der Waals surface area contributed by atoms with E-state index in [1.807, 2.05) is 39.0 Å². The maximum atomic E-state index is 12.3. The van der Waals surface area contributed by atoms with Gasteiger partial charge < -0.3 is 10.6 Å². The molecule has 1 heterocycles. The first-order valence-electron chi connectivity index (χ1n) is 8.82. The van der Waals surface area contributed by atoms with Crippen LogP contribution in [-0.2, 0) is 0 Å². The summed E-state index contributed by atoms with van der Waals surface area (Å²) in [6, 6.07) is 12.6. The molecule has 0 fully saturated rings. The van der Waals surface area contributed by atoms with Gasteiger partial charge in [-0.25, -0.2) is 9.97 Å². The predicted molar refractivity (Wildman–Crippen MR) is 105 cm³/mol. The van der Waals surface area contributed by atoms with Crippen molar-refractivity contribution in [2.45, 2.75) is 20.8 Å². The molecule has 0 unspecified atom stereocenters. The Hall–Kier alpha value is -3.28. The summed E-state index contributed by atoms with van der Waals surface area (Å²) in [5.41, 5.74) is 5.34. The molecule has 3 rings (SSSR count). The Bertz CT molecular complexity index is 1010. The Morgan fingerprint density at radius 2 is 1.37 bits per heavy atom. The first-order chi connectivity index (χ1) is 12.9. The Morgan fingerprint density at radius 1 is 0.778 bits per heavy atom. The topological polar surface area (TPSA) is 84.0 Å². The molecule has 2 aromatic carbocycles. The van der Waals surface area contributed by atoms with Gasteiger partial charge in [0.05, 0.1) is 22.4 Å². The third-order valence-electron chi connectivity index (χ3n) is 4.31. The van der Waals surface area contributed by atoms with Crippen molar-refractivity contribution < 1.29 is 9.59 Å². The normalized spacial score (nSPS) is 10.6. The summed E-state index contributed by atoms with van der Waals surface area (Å²) < 4.78 is 0. The highest BCUT2D eigenvalue weighted by Gasteiger charge is 2.09. The number of amides is 2. The zero-order valence-corrected chi connectivity index (χ0v) is 15.7. The van der Waals surface area contributed by atoms with Crippen LogP contribution in [0.25, 0.3) is 11.0 Å². The molecule has 0 radical (unpaired) electrons. The van der Waals surface area contributed by atoms with Crippen molar-refractivity contribution in [1.82, 2.24) is 20.6 Å². The van der Waals surface area contributed by atoms with Crippen molar-refractivity contribution in [3.8, 4) is 0 Å². The number of carbonyl (C=O) groups excluding carboxylic acids is 2. The zero-order valence-electron chi connectivity index (χ0n) is 15.7. The van der Waals surface area contributed by atoms with E-state index in [0.29, 0.717) is 29.7 Å². The number of aromatic nitrogens is 2. The number of fused-ring (bicyclic) bond motifs is 1. The summed E-state index contributed by atoms with van der Waals surface area (Å²) in [7, 11) is 0. The molecule has 0 atom stereocenters. The highest BCUT2D eigenvalue weighted by Crippen LogP contribution is 2.14. The van der Waals surface area contributed by atoms with Gasteiger partial charge in [0.25, 0.3) is 11.8 Å². The average molecular weight is 362 g/mol. The number of aryl methyl sites for hydroxylation is 3. The number of hydrogen-bond acceptors (Lipinski definition) is 4. The summed E-state index contributed by atoms with van der Waals surface area (Å²) in [5.74, 6) is -0.360. The first kappa shape index (κ1) is 18.5. The molecule has 0 aliphatic heterocycles. The molecule has 0 aliphatic rings. The maximum absolute atomic E-state index is 12.3. The van der Waals surface area contributed by atoms with Gasteiger partial charge in [0.15, 0.2) is 0 Å². The van der Waals surface area contributed by atoms with Gasteiger partial charge in [-0.05, 0) is 51.1 Å². The number of hydrogen-bond donors (Lipinski definition) is 2. The molecule has 2 N–H and O–H groups in total. The third-order valence-corrected chi connectivity index (χ3v) is 4.31. The predicted octanol–water partition coefficient (Wildman–Crippen LogP) is 2.71. The Labute approximate surface area is 158 Å². The summed E-state index contributed by atoms with van der Waals surface area (Å²) >= 11 is 0. The lowest BCUT2D eigenvalue weighted by atomic mass is 10.1. The van der Waals surface area contributed by atoms with Crippen molar-refractivity contribution in [3.05, 3.63) is 70.5 Å². The van der Waals surface area contributed by atoms with Crippen LogP contribution in [0, 0.1) is 20.8 Å². The molecule has 0 bridgehead atoms. The molecule has 6 nitrogen and oxygen atoms in total. The summed E-state index contributed by atoms with van der Waals surface area (Å²) in [6.07, 6.45) is 0. The van der Waals surface area contributed by atoms with Gasteiger partial charge >= 0.3 is 0 Å². The van der Waals surface area contributed by atoms with E-state index in [1.165, 1.54) is 0 Å². The van der Waals surface area contributed by atoms with E-state index in [2.05, 4.69) is 20.6 Å². The Morgan fingerprint density at radius 3 is 2.00 bits per heavy atom. The van der Waals surface area contributed by atoms with Crippen molar-refractivity contribution in [1.29, 1.82) is 0 Å². The van der Waals surface area contributed by atoms with Crippen LogP contribution in [-0.4, -0.2) is 34.9 Å². The second-order valence-corrected chi connectivity index (χ2v) is 6.48. The van der Waals surface area contributed by atoms with Crippen molar-refractivity contribution in [2.75, 3.05) is 13.1 Å². The van der Waals surface area contributed by atoms with Gasteiger partial charge in [0.2, 0.25) is 0 Å². The zero-order chi connectivity index (χ0) is 19.4. The molecule has 138 valence electrons. The fourth-order valence-electron chi connectivity index (χ4n) is 2.71. The summed E-state index contributed by atoms with van der Waals surface area (Å²) in [4.78, 5) is 33.3. The van der Waals surface area contributed by atoms with Gasteiger partial charge in [-0.2, -0.15) is 0 Å². The molecular weight excluding hydrogens is 340 g/mol. The van der Waals surface area contributed by atoms with Crippen molar-refractivity contribution in [2.24, 2.45) is 0 Å². The minimum Gasteiger partial charge on any atom is -0.350 e. The molecule has 0 saturated carbocycles. The fourth-order valence-corrected chi connectivity index (χ4v) is 2.71. The number of benzene rings is 2.